The van der Waals surface area contributed by atoms with Gasteiger partial charge in [0, 0.05) is 24.8 Å². The summed E-state index contributed by atoms with van der Waals surface area (Å²) in [4.78, 5) is 13.0. The van der Waals surface area contributed by atoms with Crippen LogP contribution in [0, 0.1) is 6.92 Å². The van der Waals surface area contributed by atoms with Gasteiger partial charge in [0.05, 0.1) is 0 Å². The SMILES string of the molecule is Cc1cc(N(C)C2CCN(C)CC2)nc(N)n1. The molecule has 1 fully saturated rings. The first-order valence-corrected chi connectivity index (χ1v) is 6.09. The summed E-state index contributed by atoms with van der Waals surface area (Å²) < 4.78 is 0. The zero-order valence-corrected chi connectivity index (χ0v) is 10.8. The van der Waals surface area contributed by atoms with Crippen molar-refractivity contribution in [2.45, 2.75) is 25.8 Å². The third-order valence-corrected chi connectivity index (χ3v) is 3.46. The van der Waals surface area contributed by atoms with Gasteiger partial charge in [-0.25, -0.2) is 4.98 Å². The van der Waals surface area contributed by atoms with Crippen LogP contribution in [0.4, 0.5) is 11.8 Å². The molecule has 0 unspecified atom stereocenters. The molecule has 1 aromatic heterocycles. The minimum atomic E-state index is 0.361. The molecule has 0 atom stereocenters. The van der Waals surface area contributed by atoms with E-state index < -0.39 is 0 Å². The minimum absolute atomic E-state index is 0.361. The van der Waals surface area contributed by atoms with Gasteiger partial charge in [-0.1, -0.05) is 0 Å². The fourth-order valence-electron chi connectivity index (χ4n) is 2.32. The summed E-state index contributed by atoms with van der Waals surface area (Å²) in [5.41, 5.74) is 6.62. The summed E-state index contributed by atoms with van der Waals surface area (Å²) in [7, 11) is 4.26. The van der Waals surface area contributed by atoms with Crippen LogP contribution in [-0.2, 0) is 0 Å². The third-order valence-electron chi connectivity index (χ3n) is 3.46. The van der Waals surface area contributed by atoms with Crippen molar-refractivity contribution in [1.82, 2.24) is 14.9 Å². The molecule has 0 spiro atoms. The molecule has 2 N–H and O–H groups in total. The number of nitrogens with zero attached hydrogens (tertiary/aromatic N) is 4. The van der Waals surface area contributed by atoms with Crippen LogP contribution in [0.15, 0.2) is 6.07 Å². The standard InChI is InChI=1S/C12H21N5/c1-9-8-11(15-12(13)14-9)17(3)10-4-6-16(2)7-5-10/h8,10H,4-7H2,1-3H3,(H2,13,14,15). The number of rotatable bonds is 2. The summed E-state index contributed by atoms with van der Waals surface area (Å²) in [6.45, 7) is 4.24. The van der Waals surface area contributed by atoms with E-state index in [9.17, 15) is 0 Å². The number of likely N-dealkylation sites (tertiary alicyclic amines) is 1. The maximum absolute atomic E-state index is 5.69. The van der Waals surface area contributed by atoms with Crippen LogP contribution in [-0.4, -0.2) is 48.1 Å². The lowest BCUT2D eigenvalue weighted by Crippen LogP contribution is -2.42. The predicted octanol–water partition coefficient (Wildman–Crippen LogP) is 0.898. The summed E-state index contributed by atoms with van der Waals surface area (Å²) in [5, 5.41) is 0. The molecule has 0 amide bonds. The van der Waals surface area contributed by atoms with Crippen LogP contribution < -0.4 is 10.6 Å². The van der Waals surface area contributed by atoms with Gasteiger partial charge in [-0.2, -0.15) is 4.98 Å². The maximum Gasteiger partial charge on any atom is 0.222 e. The molecule has 0 radical (unpaired) electrons. The Hall–Kier alpha value is -1.36. The minimum Gasteiger partial charge on any atom is -0.368 e. The topological polar surface area (TPSA) is 58.3 Å². The van der Waals surface area contributed by atoms with Crippen LogP contribution in [0.3, 0.4) is 0 Å². The van der Waals surface area contributed by atoms with Gasteiger partial charge in [0.1, 0.15) is 5.82 Å². The number of anilines is 2. The predicted molar refractivity (Wildman–Crippen MR) is 70.1 cm³/mol. The summed E-state index contributed by atoms with van der Waals surface area (Å²) in [5.74, 6) is 1.30. The van der Waals surface area contributed by atoms with Crippen molar-refractivity contribution >= 4 is 11.8 Å². The number of hydrogen-bond donors (Lipinski definition) is 1. The third kappa shape index (κ3) is 2.85. The van der Waals surface area contributed by atoms with E-state index >= 15 is 0 Å². The first-order chi connectivity index (χ1) is 8.06. The van der Waals surface area contributed by atoms with Gasteiger partial charge in [0.25, 0.3) is 0 Å². The highest BCUT2D eigenvalue weighted by Crippen LogP contribution is 2.20. The van der Waals surface area contributed by atoms with Gasteiger partial charge >= 0.3 is 0 Å². The van der Waals surface area contributed by atoms with Gasteiger partial charge in [-0.3, -0.25) is 0 Å². The van der Waals surface area contributed by atoms with Crippen LogP contribution in [0.5, 0.6) is 0 Å². The Balaban J connectivity index is 2.10. The van der Waals surface area contributed by atoms with E-state index in [-0.39, 0.29) is 0 Å². The van der Waals surface area contributed by atoms with E-state index in [1.165, 1.54) is 12.8 Å². The summed E-state index contributed by atoms with van der Waals surface area (Å²) in [6.07, 6.45) is 2.35. The largest absolute Gasteiger partial charge is 0.368 e. The molecule has 0 bridgehead atoms. The van der Waals surface area contributed by atoms with Crippen molar-refractivity contribution in [3.05, 3.63) is 11.8 Å². The number of nitrogens with two attached hydrogens (primary N) is 1. The lowest BCUT2D eigenvalue weighted by atomic mass is 10.0. The summed E-state index contributed by atoms with van der Waals surface area (Å²) in [6, 6.07) is 2.55. The smallest absolute Gasteiger partial charge is 0.222 e. The van der Waals surface area contributed by atoms with Crippen molar-refractivity contribution in [3.63, 3.8) is 0 Å². The van der Waals surface area contributed by atoms with Crippen LogP contribution >= 0.6 is 0 Å². The molecule has 1 saturated heterocycles. The van der Waals surface area contributed by atoms with E-state index in [1.807, 2.05) is 13.0 Å². The molecule has 0 saturated carbocycles. The highest BCUT2D eigenvalue weighted by molar-refractivity contribution is 5.43. The summed E-state index contributed by atoms with van der Waals surface area (Å²) >= 11 is 0. The number of piperidine rings is 1. The first-order valence-electron chi connectivity index (χ1n) is 6.09. The highest BCUT2D eigenvalue weighted by atomic mass is 15.2. The second-order valence-corrected chi connectivity index (χ2v) is 4.87. The lowest BCUT2D eigenvalue weighted by molar-refractivity contribution is 0.252. The molecule has 0 aromatic carbocycles. The Kier molecular flexibility index (Phi) is 3.47. The van der Waals surface area contributed by atoms with Crippen LogP contribution in [0.2, 0.25) is 0 Å². The second kappa shape index (κ2) is 4.87. The van der Waals surface area contributed by atoms with Crippen molar-refractivity contribution in [2.75, 3.05) is 37.8 Å². The molecular weight excluding hydrogens is 214 g/mol. The van der Waals surface area contributed by atoms with E-state index in [4.69, 9.17) is 5.73 Å². The number of hydrogen-bond acceptors (Lipinski definition) is 5. The second-order valence-electron chi connectivity index (χ2n) is 4.87. The van der Waals surface area contributed by atoms with E-state index in [1.54, 1.807) is 0 Å². The number of aryl methyl sites for hydroxylation is 1. The molecule has 5 nitrogen and oxygen atoms in total. The molecule has 1 aliphatic heterocycles. The molecule has 0 aliphatic carbocycles. The Morgan fingerprint density at radius 2 is 2.00 bits per heavy atom. The van der Waals surface area contributed by atoms with E-state index in [0.717, 1.165) is 24.6 Å². The van der Waals surface area contributed by atoms with Gasteiger partial charge in [0.15, 0.2) is 0 Å². The molecule has 2 rings (SSSR count). The van der Waals surface area contributed by atoms with E-state index in [2.05, 4.69) is 33.9 Å². The van der Waals surface area contributed by atoms with Crippen molar-refractivity contribution in [1.29, 1.82) is 0 Å². The average molecular weight is 235 g/mol. The Bertz CT molecular complexity index is 364. The fourth-order valence-corrected chi connectivity index (χ4v) is 2.32. The molecule has 2 heterocycles. The first kappa shape index (κ1) is 12.1. The van der Waals surface area contributed by atoms with Crippen molar-refractivity contribution < 1.29 is 0 Å². The Morgan fingerprint density at radius 3 is 2.59 bits per heavy atom. The molecule has 5 heteroatoms. The van der Waals surface area contributed by atoms with Gasteiger partial charge < -0.3 is 15.5 Å². The zero-order chi connectivity index (χ0) is 12.4. The molecule has 17 heavy (non-hydrogen) atoms. The number of aromatic nitrogens is 2. The average Bonchev–Trinajstić information content (AvgIpc) is 2.28. The van der Waals surface area contributed by atoms with Gasteiger partial charge in [-0.05, 0) is 39.9 Å². The fraction of sp³-hybridized carbons (Fsp3) is 0.667. The van der Waals surface area contributed by atoms with Gasteiger partial charge in [0.2, 0.25) is 5.95 Å². The zero-order valence-electron chi connectivity index (χ0n) is 10.8. The molecule has 1 aromatic rings. The van der Waals surface area contributed by atoms with Crippen LogP contribution in [0.25, 0.3) is 0 Å². The Labute approximate surface area is 103 Å². The van der Waals surface area contributed by atoms with E-state index in [0.29, 0.717) is 12.0 Å². The van der Waals surface area contributed by atoms with Crippen LogP contribution in [0.1, 0.15) is 18.5 Å². The quantitative estimate of drug-likeness (QED) is 0.825. The number of nitrogen functional groups attached to an aromatic ring is 1. The normalized spacial score (nSPS) is 18.3. The molecule has 94 valence electrons. The monoisotopic (exact) mass is 235 g/mol. The van der Waals surface area contributed by atoms with Gasteiger partial charge in [-0.15, -0.1) is 0 Å². The Morgan fingerprint density at radius 1 is 1.35 bits per heavy atom. The molecular formula is C12H21N5. The van der Waals surface area contributed by atoms with Crippen molar-refractivity contribution in [3.8, 4) is 0 Å². The molecule has 1 aliphatic rings. The van der Waals surface area contributed by atoms with Crippen molar-refractivity contribution in [2.24, 2.45) is 0 Å². The lowest BCUT2D eigenvalue weighted by Gasteiger charge is -2.35. The maximum atomic E-state index is 5.69. The highest BCUT2D eigenvalue weighted by Gasteiger charge is 2.21.